The molecular weight excluding hydrogens is 382 g/mol. The van der Waals surface area contributed by atoms with Gasteiger partial charge in [0.25, 0.3) is 0 Å². The first-order chi connectivity index (χ1) is 14.3. The Balaban J connectivity index is 1.66. The Labute approximate surface area is 175 Å². The van der Waals surface area contributed by atoms with E-state index in [-0.39, 0.29) is 24.3 Å². The Morgan fingerprint density at radius 2 is 1.77 bits per heavy atom. The van der Waals surface area contributed by atoms with E-state index in [1.165, 1.54) is 12.0 Å². The molecule has 156 valence electrons. The van der Waals surface area contributed by atoms with Gasteiger partial charge in [0, 0.05) is 6.54 Å². The molecule has 2 amide bonds. The van der Waals surface area contributed by atoms with Gasteiger partial charge in [-0.05, 0) is 43.5 Å². The molecule has 0 saturated carbocycles. The van der Waals surface area contributed by atoms with Gasteiger partial charge in [0.15, 0.2) is 0 Å². The van der Waals surface area contributed by atoms with Crippen LogP contribution in [-0.4, -0.2) is 47.9 Å². The summed E-state index contributed by atoms with van der Waals surface area (Å²) in [4.78, 5) is 42.0. The molecule has 0 bridgehead atoms. The number of carbonyl (C=O) groups excluding carboxylic acids is 3. The minimum Gasteiger partial charge on any atom is -0.468 e. The number of hydrogen-bond acceptors (Lipinski definition) is 5. The third-order valence-electron chi connectivity index (χ3n) is 5.91. The van der Waals surface area contributed by atoms with Crippen LogP contribution in [0.4, 0.5) is 11.4 Å². The molecule has 0 spiro atoms. The van der Waals surface area contributed by atoms with Crippen molar-refractivity contribution in [3.63, 3.8) is 0 Å². The molecule has 1 atom stereocenters. The smallest absolute Gasteiger partial charge is 0.323 e. The molecule has 2 aliphatic rings. The first kappa shape index (κ1) is 20.1. The topological polar surface area (TPSA) is 79.0 Å². The van der Waals surface area contributed by atoms with Crippen molar-refractivity contribution in [1.82, 2.24) is 4.90 Å². The number of hydrogen-bond donors (Lipinski definition) is 1. The zero-order chi connectivity index (χ0) is 21.5. The molecule has 2 aromatic carbocycles. The second kappa shape index (κ2) is 7.57. The normalized spacial score (nSPS) is 20.0. The quantitative estimate of drug-likeness (QED) is 0.791. The molecule has 7 nitrogen and oxygen atoms in total. The molecular formula is C23H25N3O4. The zero-order valence-corrected chi connectivity index (χ0v) is 17.3. The molecule has 0 fully saturated rings. The molecule has 0 unspecified atom stereocenters. The summed E-state index contributed by atoms with van der Waals surface area (Å²) in [6, 6.07) is 14.6. The monoisotopic (exact) mass is 407 g/mol. The molecule has 0 aromatic heterocycles. The lowest BCUT2D eigenvalue weighted by atomic mass is 9.93. The maximum Gasteiger partial charge on any atom is 0.323 e. The number of methoxy groups -OCH3 is 1. The van der Waals surface area contributed by atoms with Crippen LogP contribution in [-0.2, 0) is 32.1 Å². The summed E-state index contributed by atoms with van der Waals surface area (Å²) in [6.07, 6.45) is 0.483. The first-order valence-electron chi connectivity index (χ1n) is 9.95. The standard InChI is InChI=1S/C23H25N3O4/c1-23(2)22(29)24-17-10-6-7-11-18(17)26(23)20(27)14-25-13-16-9-5-4-8-15(16)12-19(25)21(28)30-3/h4-11,19H,12-14H2,1-3H3,(H,24,29)/t19-/m1/s1. The van der Waals surface area contributed by atoms with Gasteiger partial charge in [-0.1, -0.05) is 36.4 Å². The van der Waals surface area contributed by atoms with Crippen molar-refractivity contribution in [1.29, 1.82) is 0 Å². The highest BCUT2D eigenvalue weighted by molar-refractivity contribution is 6.14. The van der Waals surface area contributed by atoms with E-state index in [4.69, 9.17) is 4.74 Å². The Morgan fingerprint density at radius 1 is 1.10 bits per heavy atom. The number of esters is 1. The third kappa shape index (κ3) is 3.35. The maximum absolute atomic E-state index is 13.5. The minimum atomic E-state index is -1.06. The van der Waals surface area contributed by atoms with E-state index in [9.17, 15) is 14.4 Å². The number of ether oxygens (including phenoxy) is 1. The van der Waals surface area contributed by atoms with Gasteiger partial charge >= 0.3 is 5.97 Å². The number of carbonyl (C=O) groups is 3. The Hall–Kier alpha value is -3.19. The Bertz CT molecular complexity index is 1020. The van der Waals surface area contributed by atoms with Crippen LogP contribution in [0, 0.1) is 0 Å². The second-order valence-electron chi connectivity index (χ2n) is 8.18. The Kier molecular flexibility index (Phi) is 5.07. The van der Waals surface area contributed by atoms with Gasteiger partial charge in [0.05, 0.1) is 25.0 Å². The predicted octanol–water partition coefficient (Wildman–Crippen LogP) is 2.35. The molecule has 0 radical (unpaired) electrons. The van der Waals surface area contributed by atoms with Crippen molar-refractivity contribution in [3.8, 4) is 0 Å². The largest absolute Gasteiger partial charge is 0.468 e. The van der Waals surface area contributed by atoms with Gasteiger partial charge < -0.3 is 10.1 Å². The van der Waals surface area contributed by atoms with E-state index in [2.05, 4.69) is 5.32 Å². The molecule has 0 aliphatic carbocycles. The van der Waals surface area contributed by atoms with Crippen molar-refractivity contribution >= 4 is 29.2 Å². The fraction of sp³-hybridized carbons (Fsp3) is 0.348. The number of nitrogens with zero attached hydrogens (tertiary/aromatic N) is 2. The summed E-state index contributed by atoms with van der Waals surface area (Å²) in [7, 11) is 1.36. The lowest BCUT2D eigenvalue weighted by Gasteiger charge is -2.43. The van der Waals surface area contributed by atoms with Crippen LogP contribution in [0.15, 0.2) is 48.5 Å². The molecule has 30 heavy (non-hydrogen) atoms. The number of para-hydroxylation sites is 2. The molecule has 2 heterocycles. The summed E-state index contributed by atoms with van der Waals surface area (Å²) >= 11 is 0. The number of rotatable bonds is 3. The van der Waals surface area contributed by atoms with Gasteiger partial charge in [-0.15, -0.1) is 0 Å². The fourth-order valence-electron chi connectivity index (χ4n) is 4.25. The van der Waals surface area contributed by atoms with E-state index in [0.717, 1.165) is 11.1 Å². The van der Waals surface area contributed by atoms with Crippen molar-refractivity contribution < 1.29 is 19.1 Å². The van der Waals surface area contributed by atoms with Crippen LogP contribution in [0.1, 0.15) is 25.0 Å². The molecule has 2 aromatic rings. The molecule has 1 N–H and O–H groups in total. The Morgan fingerprint density at radius 3 is 2.50 bits per heavy atom. The number of fused-ring (bicyclic) bond motifs is 2. The van der Waals surface area contributed by atoms with Crippen molar-refractivity contribution in [2.24, 2.45) is 0 Å². The second-order valence-corrected chi connectivity index (χ2v) is 8.18. The van der Waals surface area contributed by atoms with E-state index in [1.54, 1.807) is 19.9 Å². The lowest BCUT2D eigenvalue weighted by molar-refractivity contribution is -0.148. The SMILES string of the molecule is COC(=O)[C@H]1Cc2ccccc2CN1CC(=O)N1c2ccccc2NC(=O)C1(C)C. The summed E-state index contributed by atoms with van der Waals surface area (Å²) < 4.78 is 5.01. The minimum absolute atomic E-state index is 0.000848. The van der Waals surface area contributed by atoms with Gasteiger partial charge in [0.1, 0.15) is 11.6 Å². The molecule has 4 rings (SSSR count). The summed E-state index contributed by atoms with van der Waals surface area (Å²) in [5, 5.41) is 2.87. The average Bonchev–Trinajstić information content (AvgIpc) is 2.73. The average molecular weight is 407 g/mol. The van der Waals surface area contributed by atoms with Crippen LogP contribution >= 0.6 is 0 Å². The predicted molar refractivity (Wildman–Crippen MR) is 113 cm³/mol. The molecule has 7 heteroatoms. The van der Waals surface area contributed by atoms with Gasteiger partial charge in [-0.3, -0.25) is 24.2 Å². The van der Waals surface area contributed by atoms with Gasteiger partial charge in [-0.25, -0.2) is 0 Å². The lowest BCUT2D eigenvalue weighted by Crippen LogP contribution is -2.61. The van der Waals surface area contributed by atoms with Crippen LogP contribution in [0.5, 0.6) is 0 Å². The summed E-state index contributed by atoms with van der Waals surface area (Å²) in [5.74, 6) is -0.855. The van der Waals surface area contributed by atoms with Crippen LogP contribution in [0.2, 0.25) is 0 Å². The van der Waals surface area contributed by atoms with Crippen LogP contribution in [0.25, 0.3) is 0 Å². The van der Waals surface area contributed by atoms with Gasteiger partial charge in [-0.2, -0.15) is 0 Å². The number of benzene rings is 2. The van der Waals surface area contributed by atoms with Gasteiger partial charge in [0.2, 0.25) is 11.8 Å². The number of anilines is 2. The number of nitrogens with one attached hydrogen (secondary N) is 1. The van der Waals surface area contributed by atoms with E-state index >= 15 is 0 Å². The maximum atomic E-state index is 13.5. The van der Waals surface area contributed by atoms with Crippen molar-refractivity contribution in [3.05, 3.63) is 59.7 Å². The zero-order valence-electron chi connectivity index (χ0n) is 17.3. The summed E-state index contributed by atoms with van der Waals surface area (Å²) in [6.45, 7) is 3.90. The van der Waals surface area contributed by atoms with Crippen molar-refractivity contribution in [2.45, 2.75) is 38.4 Å². The van der Waals surface area contributed by atoms with Crippen LogP contribution < -0.4 is 10.2 Å². The van der Waals surface area contributed by atoms with Crippen LogP contribution in [0.3, 0.4) is 0 Å². The summed E-state index contributed by atoms with van der Waals surface area (Å²) in [5.41, 5.74) is 2.36. The highest BCUT2D eigenvalue weighted by atomic mass is 16.5. The van der Waals surface area contributed by atoms with E-state index in [1.807, 2.05) is 47.4 Å². The number of amides is 2. The van der Waals surface area contributed by atoms with E-state index in [0.29, 0.717) is 24.3 Å². The molecule has 2 aliphatic heterocycles. The first-order valence-corrected chi connectivity index (χ1v) is 9.95. The fourth-order valence-corrected chi connectivity index (χ4v) is 4.25. The van der Waals surface area contributed by atoms with E-state index < -0.39 is 11.6 Å². The highest BCUT2D eigenvalue weighted by Gasteiger charge is 2.44. The third-order valence-corrected chi connectivity index (χ3v) is 5.91. The highest BCUT2D eigenvalue weighted by Crippen LogP contribution is 2.37. The van der Waals surface area contributed by atoms with Crippen molar-refractivity contribution in [2.75, 3.05) is 23.9 Å². The molecule has 0 saturated heterocycles.